The van der Waals surface area contributed by atoms with E-state index in [4.69, 9.17) is 9.84 Å². The van der Waals surface area contributed by atoms with Crippen LogP contribution in [0, 0.1) is 0 Å². The molecule has 22 heavy (non-hydrogen) atoms. The van der Waals surface area contributed by atoms with E-state index in [1.807, 2.05) is 24.3 Å². The second-order valence-electron chi connectivity index (χ2n) is 5.81. The number of rotatable bonds is 3. The largest absolute Gasteiger partial charge is 0.390 e. The Morgan fingerprint density at radius 2 is 2.32 bits per heavy atom. The highest BCUT2D eigenvalue weighted by molar-refractivity contribution is 6.06. The number of hydrogen-bond acceptors (Lipinski definition) is 5. The number of aromatic nitrogens is 3. The van der Waals surface area contributed by atoms with Gasteiger partial charge in [0.05, 0.1) is 32.1 Å². The number of aliphatic hydroxyl groups excluding tert-OH is 1. The van der Waals surface area contributed by atoms with Crippen molar-refractivity contribution < 1.29 is 14.6 Å². The molecule has 1 amide bonds. The Bertz CT molecular complexity index is 729. The maximum atomic E-state index is 12.4. The maximum Gasteiger partial charge on any atom is 0.237 e. The normalized spacial score (nSPS) is 26.4. The molecule has 1 spiro atoms. The topological polar surface area (TPSA) is 89.3 Å². The van der Waals surface area contributed by atoms with Gasteiger partial charge in [-0.3, -0.25) is 4.79 Å². The fraction of sp³-hybridized carbons (Fsp3) is 0.400. The number of hydrogen-bond donors (Lipinski definition) is 2. The molecule has 2 unspecified atom stereocenters. The van der Waals surface area contributed by atoms with Crippen molar-refractivity contribution in [3.8, 4) is 0 Å². The molecule has 3 heterocycles. The van der Waals surface area contributed by atoms with Gasteiger partial charge in [0.2, 0.25) is 5.91 Å². The fourth-order valence-electron chi connectivity index (χ4n) is 3.31. The molecule has 2 N–H and O–H groups in total. The summed E-state index contributed by atoms with van der Waals surface area (Å²) in [6.07, 6.45) is 2.20. The zero-order valence-electron chi connectivity index (χ0n) is 11.9. The second kappa shape index (κ2) is 4.89. The van der Waals surface area contributed by atoms with E-state index in [0.717, 1.165) is 11.3 Å². The second-order valence-corrected chi connectivity index (χ2v) is 5.81. The minimum atomic E-state index is -0.596. The summed E-state index contributed by atoms with van der Waals surface area (Å²) in [7, 11) is 0. The van der Waals surface area contributed by atoms with Crippen LogP contribution in [0.15, 0.2) is 30.5 Å². The number of nitrogens with one attached hydrogen (secondary N) is 1. The first-order valence-corrected chi connectivity index (χ1v) is 7.24. The minimum absolute atomic E-state index is 0.00541. The van der Waals surface area contributed by atoms with Crippen molar-refractivity contribution >= 4 is 11.6 Å². The lowest BCUT2D eigenvalue weighted by atomic mass is 9.79. The summed E-state index contributed by atoms with van der Waals surface area (Å²) in [4.78, 5) is 12.4. The van der Waals surface area contributed by atoms with E-state index in [9.17, 15) is 4.79 Å². The quantitative estimate of drug-likeness (QED) is 0.859. The summed E-state index contributed by atoms with van der Waals surface area (Å²) >= 11 is 0. The van der Waals surface area contributed by atoms with Gasteiger partial charge in [-0.25, -0.2) is 4.68 Å². The SMILES string of the molecule is O=C1Nc2ccccc2C12COC(Cn1cc(CO)nn1)C2. The molecular weight excluding hydrogens is 284 g/mol. The van der Waals surface area contributed by atoms with Crippen LogP contribution >= 0.6 is 0 Å². The third-order valence-electron chi connectivity index (χ3n) is 4.41. The van der Waals surface area contributed by atoms with Crippen molar-refractivity contribution in [1.82, 2.24) is 15.0 Å². The predicted octanol–water partition coefficient (Wildman–Crippen LogP) is 0.449. The van der Waals surface area contributed by atoms with Crippen LogP contribution in [-0.4, -0.2) is 38.7 Å². The number of para-hydroxylation sites is 1. The summed E-state index contributed by atoms with van der Waals surface area (Å²) in [6, 6.07) is 7.76. The van der Waals surface area contributed by atoms with Gasteiger partial charge in [0.25, 0.3) is 0 Å². The van der Waals surface area contributed by atoms with Gasteiger partial charge in [-0.05, 0) is 18.1 Å². The van der Waals surface area contributed by atoms with Crippen LogP contribution in [0.25, 0.3) is 0 Å². The van der Waals surface area contributed by atoms with Crippen molar-refractivity contribution in [3.05, 3.63) is 41.7 Å². The zero-order chi connectivity index (χ0) is 15.2. The molecule has 7 nitrogen and oxygen atoms in total. The molecule has 2 aliphatic rings. The number of carbonyl (C=O) groups is 1. The molecular formula is C15H16N4O3. The van der Waals surface area contributed by atoms with Crippen LogP contribution in [0.4, 0.5) is 5.69 Å². The number of benzene rings is 1. The lowest BCUT2D eigenvalue weighted by molar-refractivity contribution is -0.120. The Kier molecular flexibility index (Phi) is 2.98. The Balaban J connectivity index is 1.56. The van der Waals surface area contributed by atoms with E-state index in [1.165, 1.54) is 0 Å². The van der Waals surface area contributed by atoms with Gasteiger partial charge in [0, 0.05) is 5.69 Å². The summed E-state index contributed by atoms with van der Waals surface area (Å²) in [5, 5.41) is 19.8. The van der Waals surface area contributed by atoms with E-state index in [0.29, 0.717) is 25.3 Å². The molecule has 4 rings (SSSR count). The van der Waals surface area contributed by atoms with Gasteiger partial charge in [0.1, 0.15) is 11.1 Å². The van der Waals surface area contributed by atoms with Crippen LogP contribution in [0.1, 0.15) is 17.7 Å². The average molecular weight is 300 g/mol. The molecule has 0 saturated carbocycles. The first-order chi connectivity index (χ1) is 10.7. The smallest absolute Gasteiger partial charge is 0.237 e. The molecule has 7 heteroatoms. The lowest BCUT2D eigenvalue weighted by Crippen LogP contribution is -2.35. The summed E-state index contributed by atoms with van der Waals surface area (Å²) < 4.78 is 7.50. The molecule has 2 atom stereocenters. The molecule has 114 valence electrons. The van der Waals surface area contributed by atoms with Crippen LogP contribution < -0.4 is 5.32 Å². The number of aliphatic hydroxyl groups is 1. The minimum Gasteiger partial charge on any atom is -0.390 e. The highest BCUT2D eigenvalue weighted by Crippen LogP contribution is 2.45. The summed E-state index contributed by atoms with van der Waals surface area (Å²) in [6.45, 7) is 0.761. The van der Waals surface area contributed by atoms with Gasteiger partial charge in [-0.15, -0.1) is 5.10 Å². The van der Waals surface area contributed by atoms with E-state index in [1.54, 1.807) is 10.9 Å². The third-order valence-corrected chi connectivity index (χ3v) is 4.41. The van der Waals surface area contributed by atoms with Crippen molar-refractivity contribution in [2.75, 3.05) is 11.9 Å². The first-order valence-electron chi connectivity index (χ1n) is 7.24. The summed E-state index contributed by atoms with van der Waals surface area (Å²) in [5.74, 6) is 0.00541. The van der Waals surface area contributed by atoms with E-state index in [-0.39, 0.29) is 18.6 Å². The van der Waals surface area contributed by atoms with E-state index >= 15 is 0 Å². The molecule has 1 saturated heterocycles. The van der Waals surface area contributed by atoms with Gasteiger partial charge >= 0.3 is 0 Å². The van der Waals surface area contributed by atoms with Crippen molar-refractivity contribution in [2.45, 2.75) is 31.1 Å². The molecule has 2 aliphatic heterocycles. The molecule has 0 radical (unpaired) electrons. The van der Waals surface area contributed by atoms with Gasteiger partial charge in [-0.2, -0.15) is 0 Å². The number of ether oxygens (including phenoxy) is 1. The Hall–Kier alpha value is -2.25. The molecule has 2 aromatic rings. The van der Waals surface area contributed by atoms with Crippen LogP contribution in [0.2, 0.25) is 0 Å². The van der Waals surface area contributed by atoms with E-state index < -0.39 is 5.41 Å². The monoisotopic (exact) mass is 300 g/mol. The lowest BCUT2D eigenvalue weighted by Gasteiger charge is -2.19. The first kappa shape index (κ1) is 13.4. The average Bonchev–Trinajstić information content (AvgIpc) is 3.21. The van der Waals surface area contributed by atoms with Gasteiger partial charge in [0.15, 0.2) is 0 Å². The molecule has 1 aromatic carbocycles. The van der Waals surface area contributed by atoms with Gasteiger partial charge in [-0.1, -0.05) is 23.4 Å². The van der Waals surface area contributed by atoms with Crippen molar-refractivity contribution in [1.29, 1.82) is 0 Å². The standard InChI is InChI=1S/C15H16N4O3/c20-8-10-6-19(18-17-10)7-11-5-15(9-22-11)12-3-1-2-4-13(12)16-14(15)21/h1-4,6,11,20H,5,7-9H2,(H,16,21). The van der Waals surface area contributed by atoms with Crippen LogP contribution in [-0.2, 0) is 28.1 Å². The van der Waals surface area contributed by atoms with Crippen LogP contribution in [0.3, 0.4) is 0 Å². The third kappa shape index (κ3) is 1.93. The number of anilines is 1. The number of nitrogens with zero attached hydrogens (tertiary/aromatic N) is 3. The fourth-order valence-corrected chi connectivity index (χ4v) is 3.31. The number of fused-ring (bicyclic) bond motifs is 2. The molecule has 1 aromatic heterocycles. The van der Waals surface area contributed by atoms with E-state index in [2.05, 4.69) is 15.6 Å². The van der Waals surface area contributed by atoms with Crippen LogP contribution in [0.5, 0.6) is 0 Å². The van der Waals surface area contributed by atoms with Gasteiger partial charge < -0.3 is 15.2 Å². The zero-order valence-corrected chi connectivity index (χ0v) is 11.9. The molecule has 0 aliphatic carbocycles. The Labute approximate surface area is 126 Å². The highest BCUT2D eigenvalue weighted by Gasteiger charge is 2.52. The highest BCUT2D eigenvalue weighted by atomic mass is 16.5. The number of carbonyl (C=O) groups excluding carboxylic acids is 1. The Morgan fingerprint density at radius 3 is 3.14 bits per heavy atom. The van der Waals surface area contributed by atoms with Crippen molar-refractivity contribution in [2.24, 2.45) is 0 Å². The summed E-state index contributed by atoms with van der Waals surface area (Å²) in [5.41, 5.74) is 1.82. The maximum absolute atomic E-state index is 12.4. The predicted molar refractivity (Wildman–Crippen MR) is 77.1 cm³/mol. The van der Waals surface area contributed by atoms with Crippen molar-refractivity contribution in [3.63, 3.8) is 0 Å². The Morgan fingerprint density at radius 1 is 1.45 bits per heavy atom. The molecule has 0 bridgehead atoms. The number of amides is 1. The molecule has 1 fully saturated rings.